The first-order valence-corrected chi connectivity index (χ1v) is 9.97. The van der Waals surface area contributed by atoms with Gasteiger partial charge in [0, 0.05) is 38.8 Å². The van der Waals surface area contributed by atoms with Gasteiger partial charge < -0.3 is 16.0 Å². The number of guanidine groups is 1. The molecular formula is C18H33IN6O2. The van der Waals surface area contributed by atoms with Crippen molar-refractivity contribution in [2.45, 2.75) is 57.0 Å². The summed E-state index contributed by atoms with van der Waals surface area (Å²) in [5.41, 5.74) is 0. The fourth-order valence-electron chi connectivity index (χ4n) is 4.26. The highest BCUT2D eigenvalue weighted by Gasteiger charge is 2.29. The summed E-state index contributed by atoms with van der Waals surface area (Å²) in [6.07, 6.45) is 9.17. The van der Waals surface area contributed by atoms with Crippen LogP contribution in [0.25, 0.3) is 0 Å². The van der Waals surface area contributed by atoms with Gasteiger partial charge in [-0.2, -0.15) is 0 Å². The molecule has 3 rings (SSSR count). The van der Waals surface area contributed by atoms with Gasteiger partial charge in [0.2, 0.25) is 5.91 Å². The summed E-state index contributed by atoms with van der Waals surface area (Å²) in [7, 11) is 1.75. The number of aliphatic imine (C=N–C) groups is 1. The Kier molecular flexibility index (Phi) is 9.07. The van der Waals surface area contributed by atoms with Crippen molar-refractivity contribution < 1.29 is 9.59 Å². The number of carbonyl (C=O) groups is 2. The maximum atomic E-state index is 11.6. The lowest BCUT2D eigenvalue weighted by atomic mass is 9.92. The van der Waals surface area contributed by atoms with Crippen molar-refractivity contribution in [1.29, 1.82) is 0 Å². The van der Waals surface area contributed by atoms with E-state index in [9.17, 15) is 9.59 Å². The first-order chi connectivity index (χ1) is 12.7. The molecule has 0 aromatic rings. The van der Waals surface area contributed by atoms with Gasteiger partial charge in [-0.15, -0.1) is 24.0 Å². The van der Waals surface area contributed by atoms with Crippen molar-refractivity contribution >= 4 is 41.9 Å². The summed E-state index contributed by atoms with van der Waals surface area (Å²) in [6.45, 7) is 3.23. The zero-order valence-electron chi connectivity index (χ0n) is 16.2. The number of carbonyl (C=O) groups excluding carboxylic acids is 2. The van der Waals surface area contributed by atoms with Gasteiger partial charge in [-0.25, -0.2) is 4.79 Å². The molecule has 0 bridgehead atoms. The predicted octanol–water partition coefficient (Wildman–Crippen LogP) is 1.12. The number of piperidine rings is 1. The van der Waals surface area contributed by atoms with E-state index in [0.29, 0.717) is 19.1 Å². The molecule has 8 nitrogen and oxygen atoms in total. The summed E-state index contributed by atoms with van der Waals surface area (Å²) >= 11 is 0. The maximum Gasteiger partial charge on any atom is 0.324 e. The highest BCUT2D eigenvalue weighted by atomic mass is 127. The molecule has 3 aliphatic rings. The smallest absolute Gasteiger partial charge is 0.324 e. The van der Waals surface area contributed by atoms with Crippen molar-refractivity contribution in [2.75, 3.05) is 39.8 Å². The second-order valence-corrected chi connectivity index (χ2v) is 7.47. The average Bonchev–Trinajstić information content (AvgIpc) is 3.00. The topological polar surface area (TPSA) is 89.1 Å². The van der Waals surface area contributed by atoms with Crippen LogP contribution in [0.5, 0.6) is 0 Å². The zero-order chi connectivity index (χ0) is 18.4. The van der Waals surface area contributed by atoms with Crippen molar-refractivity contribution in [3.63, 3.8) is 0 Å². The Morgan fingerprint density at radius 1 is 1.19 bits per heavy atom. The standard InChI is InChI=1S/C18H32N6O2.HI/c1-19-17(20-9-11-24-16(25)12-21-18(24)26)22-14-6-5-10-23(13-14)15-7-3-2-4-8-15;/h14-15H,2-13H2,1H3,(H,21,26)(H2,19,20,22);1H. The monoisotopic (exact) mass is 492 g/mol. The van der Waals surface area contributed by atoms with Crippen LogP contribution in [0, 0.1) is 0 Å². The van der Waals surface area contributed by atoms with Gasteiger partial charge in [-0.3, -0.25) is 19.6 Å². The molecule has 0 spiro atoms. The molecule has 2 saturated heterocycles. The first kappa shape index (κ1) is 22.2. The summed E-state index contributed by atoms with van der Waals surface area (Å²) < 4.78 is 0. The van der Waals surface area contributed by atoms with Gasteiger partial charge in [0.15, 0.2) is 5.96 Å². The molecule has 1 aliphatic carbocycles. The van der Waals surface area contributed by atoms with Crippen LogP contribution in [0.3, 0.4) is 0 Å². The highest BCUT2D eigenvalue weighted by Crippen LogP contribution is 2.25. The van der Waals surface area contributed by atoms with Crippen LogP contribution in [-0.2, 0) is 4.79 Å². The summed E-state index contributed by atoms with van der Waals surface area (Å²) in [6, 6.07) is 0.840. The molecule has 2 aliphatic heterocycles. The van der Waals surface area contributed by atoms with E-state index in [0.717, 1.165) is 25.0 Å². The molecule has 27 heavy (non-hydrogen) atoms. The number of likely N-dealkylation sites (tertiary alicyclic amines) is 1. The minimum Gasteiger partial charge on any atom is -0.355 e. The number of imide groups is 1. The third-order valence-electron chi connectivity index (χ3n) is 5.67. The van der Waals surface area contributed by atoms with E-state index in [2.05, 4.69) is 25.8 Å². The molecule has 9 heteroatoms. The van der Waals surface area contributed by atoms with E-state index >= 15 is 0 Å². The second-order valence-electron chi connectivity index (χ2n) is 7.47. The second kappa shape index (κ2) is 11.0. The lowest BCUT2D eigenvalue weighted by Gasteiger charge is -2.40. The molecule has 0 aromatic heterocycles. The first-order valence-electron chi connectivity index (χ1n) is 9.97. The lowest BCUT2D eigenvalue weighted by Crippen LogP contribution is -2.54. The lowest BCUT2D eigenvalue weighted by molar-refractivity contribution is -0.124. The number of nitrogens with zero attached hydrogens (tertiary/aromatic N) is 3. The van der Waals surface area contributed by atoms with Crippen LogP contribution in [0.15, 0.2) is 4.99 Å². The predicted molar refractivity (Wildman–Crippen MR) is 116 cm³/mol. The van der Waals surface area contributed by atoms with Crippen molar-refractivity contribution in [3.05, 3.63) is 0 Å². The Hall–Kier alpha value is -1.10. The Balaban J connectivity index is 0.00000261. The largest absolute Gasteiger partial charge is 0.355 e. The third-order valence-corrected chi connectivity index (χ3v) is 5.67. The summed E-state index contributed by atoms with van der Waals surface area (Å²) in [5.74, 6) is 0.572. The Morgan fingerprint density at radius 2 is 1.96 bits per heavy atom. The van der Waals surface area contributed by atoms with Gasteiger partial charge in [0.25, 0.3) is 0 Å². The van der Waals surface area contributed by atoms with Crippen LogP contribution in [0.1, 0.15) is 44.9 Å². The molecule has 0 aromatic carbocycles. The minimum atomic E-state index is -0.310. The number of hydrogen-bond donors (Lipinski definition) is 3. The third kappa shape index (κ3) is 6.20. The Bertz CT molecular complexity index is 522. The Labute approximate surface area is 178 Å². The van der Waals surface area contributed by atoms with E-state index in [-0.39, 0.29) is 42.5 Å². The molecule has 0 radical (unpaired) electrons. The molecule has 3 amide bonds. The van der Waals surface area contributed by atoms with E-state index in [1.165, 1.54) is 50.0 Å². The maximum absolute atomic E-state index is 11.6. The van der Waals surface area contributed by atoms with Gasteiger partial charge in [-0.1, -0.05) is 19.3 Å². The normalized spacial score (nSPS) is 25.1. The van der Waals surface area contributed by atoms with E-state index in [1.54, 1.807) is 7.05 Å². The van der Waals surface area contributed by atoms with Crippen molar-refractivity contribution in [3.8, 4) is 0 Å². The number of halogens is 1. The van der Waals surface area contributed by atoms with Gasteiger partial charge >= 0.3 is 6.03 Å². The van der Waals surface area contributed by atoms with Gasteiger partial charge in [-0.05, 0) is 32.2 Å². The van der Waals surface area contributed by atoms with E-state index in [1.807, 2.05) is 0 Å². The van der Waals surface area contributed by atoms with Gasteiger partial charge in [0.1, 0.15) is 0 Å². The fraction of sp³-hybridized carbons (Fsp3) is 0.833. The van der Waals surface area contributed by atoms with Crippen LogP contribution in [-0.4, -0.2) is 79.6 Å². The molecule has 1 unspecified atom stereocenters. The quantitative estimate of drug-likeness (QED) is 0.232. The minimum absolute atomic E-state index is 0. The van der Waals surface area contributed by atoms with Crippen molar-refractivity contribution in [1.82, 2.24) is 25.8 Å². The number of urea groups is 1. The number of hydrogen-bond acceptors (Lipinski definition) is 4. The van der Waals surface area contributed by atoms with Crippen LogP contribution in [0.4, 0.5) is 4.79 Å². The zero-order valence-corrected chi connectivity index (χ0v) is 18.5. The van der Waals surface area contributed by atoms with Gasteiger partial charge in [0.05, 0.1) is 6.54 Å². The molecule has 1 saturated carbocycles. The Morgan fingerprint density at radius 3 is 2.63 bits per heavy atom. The average molecular weight is 492 g/mol. The molecule has 2 heterocycles. The summed E-state index contributed by atoms with van der Waals surface area (Å²) in [5, 5.41) is 9.27. The molecule has 3 N–H and O–H groups in total. The van der Waals surface area contributed by atoms with Crippen LogP contribution >= 0.6 is 24.0 Å². The fourth-order valence-corrected chi connectivity index (χ4v) is 4.26. The molecule has 154 valence electrons. The number of amides is 3. The molecule has 3 fully saturated rings. The SMILES string of the molecule is CN=C(NCCN1C(=O)CNC1=O)NC1CCCN(C2CCCCC2)C1.I. The van der Waals surface area contributed by atoms with E-state index in [4.69, 9.17) is 0 Å². The summed E-state index contributed by atoms with van der Waals surface area (Å²) in [4.78, 5) is 31.3. The number of nitrogens with one attached hydrogen (secondary N) is 3. The van der Waals surface area contributed by atoms with E-state index < -0.39 is 0 Å². The number of rotatable bonds is 5. The van der Waals surface area contributed by atoms with Crippen LogP contribution < -0.4 is 16.0 Å². The molecular weight excluding hydrogens is 459 g/mol. The molecule has 1 atom stereocenters. The van der Waals surface area contributed by atoms with Crippen LogP contribution in [0.2, 0.25) is 0 Å². The van der Waals surface area contributed by atoms with Crippen molar-refractivity contribution in [2.24, 2.45) is 4.99 Å². The highest BCUT2D eigenvalue weighted by molar-refractivity contribution is 14.0.